The maximum atomic E-state index is 6.02. The van der Waals surface area contributed by atoms with E-state index < -0.39 is 0 Å². The molecule has 0 fully saturated rings. The lowest BCUT2D eigenvalue weighted by molar-refractivity contribution is 0.111. The third kappa shape index (κ3) is 5.67. The van der Waals surface area contributed by atoms with Gasteiger partial charge in [-0.25, -0.2) is 4.98 Å². The van der Waals surface area contributed by atoms with Crippen molar-refractivity contribution in [2.75, 3.05) is 6.61 Å². The van der Waals surface area contributed by atoms with Crippen LogP contribution in [0.3, 0.4) is 0 Å². The van der Waals surface area contributed by atoms with Crippen molar-refractivity contribution in [3.05, 3.63) is 87.3 Å². The molecule has 0 saturated heterocycles. The highest BCUT2D eigenvalue weighted by molar-refractivity contribution is 14.1. The van der Waals surface area contributed by atoms with Crippen LogP contribution in [0.25, 0.3) is 10.9 Å². The molecule has 0 N–H and O–H groups in total. The van der Waals surface area contributed by atoms with Crippen molar-refractivity contribution >= 4 is 33.5 Å². The Morgan fingerprint density at radius 1 is 1.06 bits per heavy atom. The maximum Gasteiger partial charge on any atom is 0.227 e. The van der Waals surface area contributed by atoms with Crippen molar-refractivity contribution in [3.63, 3.8) is 0 Å². The lowest BCUT2D eigenvalue weighted by Gasteiger charge is -2.10. The van der Waals surface area contributed by atoms with E-state index in [1.54, 1.807) is 6.20 Å². The largest absolute Gasteiger partial charge is 0.472 e. The smallest absolute Gasteiger partial charge is 0.227 e. The SMILES string of the molecule is CCC#Cc1cc2cnn(CCOCc3ccccc3)c2cc1COc1ncccc1I. The van der Waals surface area contributed by atoms with E-state index in [9.17, 15) is 0 Å². The molecular weight excluding hydrogens is 513 g/mol. The molecule has 2 heterocycles. The van der Waals surface area contributed by atoms with E-state index in [1.807, 2.05) is 48.1 Å². The highest BCUT2D eigenvalue weighted by atomic mass is 127. The molecule has 0 radical (unpaired) electrons. The molecule has 2 aromatic heterocycles. The van der Waals surface area contributed by atoms with Crippen molar-refractivity contribution in [1.82, 2.24) is 14.8 Å². The number of pyridine rings is 1. The molecule has 6 heteroatoms. The normalized spacial score (nSPS) is 10.7. The van der Waals surface area contributed by atoms with Crippen molar-refractivity contribution in [1.29, 1.82) is 0 Å². The van der Waals surface area contributed by atoms with Gasteiger partial charge in [-0.15, -0.1) is 0 Å². The first kappa shape index (κ1) is 22.3. The van der Waals surface area contributed by atoms with Crippen LogP contribution in [0.5, 0.6) is 5.88 Å². The quantitative estimate of drug-likeness (QED) is 0.167. The van der Waals surface area contributed by atoms with Crippen LogP contribution in [0.2, 0.25) is 0 Å². The van der Waals surface area contributed by atoms with Crippen LogP contribution >= 0.6 is 22.6 Å². The van der Waals surface area contributed by atoms with E-state index in [0.717, 1.165) is 32.0 Å². The standard InChI is InChI=1S/C26H24IN3O2/c1-2-3-10-21-15-22-17-29-30(13-14-31-18-20-8-5-4-6-9-20)25(22)16-23(21)19-32-26-24(27)11-7-12-28-26/h4-9,11-12,15-17H,2,13-14,18-19H2,1H3. The summed E-state index contributed by atoms with van der Waals surface area (Å²) in [6.45, 7) is 4.30. The molecule has 0 aliphatic rings. The van der Waals surface area contributed by atoms with Crippen molar-refractivity contribution in [3.8, 4) is 17.7 Å². The maximum absolute atomic E-state index is 6.02. The number of benzene rings is 2. The Hall–Kier alpha value is -2.89. The molecule has 4 aromatic rings. The van der Waals surface area contributed by atoms with Gasteiger partial charge < -0.3 is 9.47 Å². The zero-order valence-electron chi connectivity index (χ0n) is 17.9. The summed E-state index contributed by atoms with van der Waals surface area (Å²) in [6, 6.07) is 18.3. The molecular formula is C26H24IN3O2. The molecule has 0 bridgehead atoms. The average Bonchev–Trinajstić information content (AvgIpc) is 3.22. The Kier molecular flexibility index (Phi) is 7.75. The molecule has 0 saturated carbocycles. The monoisotopic (exact) mass is 537 g/mol. The zero-order chi connectivity index (χ0) is 22.2. The molecule has 32 heavy (non-hydrogen) atoms. The summed E-state index contributed by atoms with van der Waals surface area (Å²) < 4.78 is 14.8. The summed E-state index contributed by atoms with van der Waals surface area (Å²) >= 11 is 2.23. The number of fused-ring (bicyclic) bond motifs is 1. The summed E-state index contributed by atoms with van der Waals surface area (Å²) in [5.74, 6) is 7.08. The van der Waals surface area contributed by atoms with Gasteiger partial charge in [0.05, 0.1) is 35.0 Å². The highest BCUT2D eigenvalue weighted by Gasteiger charge is 2.11. The van der Waals surface area contributed by atoms with Gasteiger partial charge in [0.1, 0.15) is 6.61 Å². The minimum atomic E-state index is 0.395. The number of halogens is 1. The van der Waals surface area contributed by atoms with E-state index in [0.29, 0.717) is 32.2 Å². The van der Waals surface area contributed by atoms with Gasteiger partial charge in [-0.1, -0.05) is 49.1 Å². The van der Waals surface area contributed by atoms with Gasteiger partial charge in [0.2, 0.25) is 5.88 Å². The summed E-state index contributed by atoms with van der Waals surface area (Å²) in [5.41, 5.74) is 4.20. The van der Waals surface area contributed by atoms with E-state index >= 15 is 0 Å². The minimum Gasteiger partial charge on any atom is -0.472 e. The molecule has 162 valence electrons. The van der Waals surface area contributed by atoms with Crippen LogP contribution in [0.4, 0.5) is 0 Å². The average molecular weight is 537 g/mol. The van der Waals surface area contributed by atoms with E-state index in [4.69, 9.17) is 9.47 Å². The topological polar surface area (TPSA) is 49.2 Å². The minimum absolute atomic E-state index is 0.395. The van der Waals surface area contributed by atoms with Crippen molar-refractivity contribution < 1.29 is 9.47 Å². The molecule has 2 aromatic carbocycles. The summed E-state index contributed by atoms with van der Waals surface area (Å²) in [5, 5.41) is 5.63. The van der Waals surface area contributed by atoms with Gasteiger partial charge in [0.15, 0.2) is 0 Å². The fraction of sp³-hybridized carbons (Fsp3) is 0.231. The Balaban J connectivity index is 1.51. The first-order chi connectivity index (χ1) is 15.7. The van der Waals surface area contributed by atoms with Crippen LogP contribution in [0, 0.1) is 15.4 Å². The predicted molar refractivity (Wildman–Crippen MR) is 134 cm³/mol. The van der Waals surface area contributed by atoms with Gasteiger partial charge in [-0.2, -0.15) is 5.10 Å². The second-order valence-electron chi connectivity index (χ2n) is 7.21. The van der Waals surface area contributed by atoms with E-state index in [2.05, 4.69) is 68.8 Å². The summed E-state index contributed by atoms with van der Waals surface area (Å²) in [7, 11) is 0. The van der Waals surface area contributed by atoms with E-state index in [-0.39, 0.29) is 0 Å². The Morgan fingerprint density at radius 2 is 1.94 bits per heavy atom. The Bertz CT molecular complexity index is 1240. The van der Waals surface area contributed by atoms with Gasteiger partial charge in [-0.05, 0) is 52.4 Å². The Morgan fingerprint density at radius 3 is 2.75 bits per heavy atom. The third-order valence-corrected chi connectivity index (χ3v) is 5.74. The van der Waals surface area contributed by atoms with Gasteiger partial charge >= 0.3 is 0 Å². The first-order valence-electron chi connectivity index (χ1n) is 10.6. The number of ether oxygens (including phenoxy) is 2. The highest BCUT2D eigenvalue weighted by Crippen LogP contribution is 2.23. The molecule has 0 spiro atoms. The molecule has 4 rings (SSSR count). The number of rotatable bonds is 8. The zero-order valence-corrected chi connectivity index (χ0v) is 20.1. The van der Waals surface area contributed by atoms with Gasteiger partial charge in [0.25, 0.3) is 0 Å². The van der Waals surface area contributed by atoms with Crippen molar-refractivity contribution in [2.45, 2.75) is 33.1 Å². The molecule has 0 unspecified atom stereocenters. The van der Waals surface area contributed by atoms with Crippen LogP contribution in [-0.4, -0.2) is 21.4 Å². The first-order valence-corrected chi connectivity index (χ1v) is 11.6. The molecule has 5 nitrogen and oxygen atoms in total. The third-order valence-electron chi connectivity index (χ3n) is 4.91. The van der Waals surface area contributed by atoms with Crippen LogP contribution in [0.15, 0.2) is 67.0 Å². The van der Waals surface area contributed by atoms with Gasteiger partial charge in [-0.3, -0.25) is 4.68 Å². The number of nitrogens with zero attached hydrogens (tertiary/aromatic N) is 3. The van der Waals surface area contributed by atoms with Crippen LogP contribution in [0.1, 0.15) is 30.0 Å². The number of aromatic nitrogens is 3. The molecule has 0 aliphatic heterocycles. The lowest BCUT2D eigenvalue weighted by Crippen LogP contribution is -2.08. The second kappa shape index (κ2) is 11.1. The van der Waals surface area contributed by atoms with E-state index in [1.165, 1.54) is 5.56 Å². The van der Waals surface area contributed by atoms with Gasteiger partial charge in [0, 0.05) is 29.1 Å². The molecule has 0 aliphatic carbocycles. The predicted octanol–water partition coefficient (Wildman–Crippen LogP) is 5.59. The van der Waals surface area contributed by atoms with Crippen LogP contribution in [-0.2, 0) is 24.5 Å². The lowest BCUT2D eigenvalue weighted by atomic mass is 10.1. The summed E-state index contributed by atoms with van der Waals surface area (Å²) in [4.78, 5) is 4.33. The fourth-order valence-corrected chi connectivity index (χ4v) is 3.81. The fourth-order valence-electron chi connectivity index (χ4n) is 3.31. The summed E-state index contributed by atoms with van der Waals surface area (Å²) in [6.07, 6.45) is 4.42. The van der Waals surface area contributed by atoms with Crippen LogP contribution < -0.4 is 4.74 Å². The second-order valence-corrected chi connectivity index (χ2v) is 8.37. The number of hydrogen-bond donors (Lipinski definition) is 0. The molecule has 0 atom stereocenters. The molecule has 0 amide bonds. The Labute approximate surface area is 201 Å². The van der Waals surface area contributed by atoms with Crippen molar-refractivity contribution in [2.24, 2.45) is 0 Å². The number of hydrogen-bond acceptors (Lipinski definition) is 4.